The van der Waals surface area contributed by atoms with Crippen molar-refractivity contribution in [1.82, 2.24) is 0 Å². The summed E-state index contributed by atoms with van der Waals surface area (Å²) < 4.78 is 25.2. The van der Waals surface area contributed by atoms with Crippen LogP contribution in [0.5, 0.6) is 0 Å². The van der Waals surface area contributed by atoms with E-state index in [0.717, 1.165) is 6.07 Å². The molecule has 0 bridgehead atoms. The van der Waals surface area contributed by atoms with Crippen molar-refractivity contribution in [2.24, 2.45) is 0 Å². The van der Waals surface area contributed by atoms with E-state index in [1.165, 1.54) is 13.0 Å². The van der Waals surface area contributed by atoms with E-state index in [9.17, 15) is 13.6 Å². The Kier molecular flexibility index (Phi) is 3.74. The lowest BCUT2D eigenvalue weighted by atomic mass is 10.0. The fraction of sp³-hybridized carbons (Fsp3) is 0.200. The van der Waals surface area contributed by atoms with Crippen LogP contribution in [0.1, 0.15) is 34.8 Å². The third kappa shape index (κ3) is 2.50. The number of hydrogen-bond acceptors (Lipinski definition) is 2. The van der Waals surface area contributed by atoms with Gasteiger partial charge in [0.15, 0.2) is 5.78 Å². The predicted octanol–water partition coefficient (Wildman–Crippen LogP) is 3.30. The monoisotopic (exact) mass is 321 g/mol. The van der Waals surface area contributed by atoms with Gasteiger partial charge in [0, 0.05) is 14.7 Å². The standard InChI is InChI=1S/C10H6F2INO/c1-5(15)7-2-6(10(11)12)3-9(13)8(7)4-14/h2-3,10H,1H3. The van der Waals surface area contributed by atoms with Crippen LogP contribution in [0.2, 0.25) is 0 Å². The first kappa shape index (κ1) is 12.0. The predicted molar refractivity (Wildman–Crippen MR) is 58.8 cm³/mol. The van der Waals surface area contributed by atoms with E-state index in [4.69, 9.17) is 5.26 Å². The Hall–Kier alpha value is -1.03. The van der Waals surface area contributed by atoms with Crippen molar-refractivity contribution in [2.45, 2.75) is 13.3 Å². The summed E-state index contributed by atoms with van der Waals surface area (Å²) in [7, 11) is 0. The second kappa shape index (κ2) is 4.66. The maximum atomic E-state index is 12.4. The zero-order chi connectivity index (χ0) is 11.6. The molecule has 0 radical (unpaired) electrons. The van der Waals surface area contributed by atoms with Crippen LogP contribution in [0.15, 0.2) is 12.1 Å². The number of benzene rings is 1. The lowest BCUT2D eigenvalue weighted by Gasteiger charge is -2.06. The second-order valence-corrected chi connectivity index (χ2v) is 4.06. The SMILES string of the molecule is CC(=O)c1cc(C(F)F)cc(I)c1C#N. The molecule has 0 spiro atoms. The van der Waals surface area contributed by atoms with Gasteiger partial charge in [-0.3, -0.25) is 4.79 Å². The molecule has 78 valence electrons. The number of alkyl halides is 2. The third-order valence-corrected chi connectivity index (χ3v) is 2.71. The molecule has 0 N–H and O–H groups in total. The maximum Gasteiger partial charge on any atom is 0.263 e. The van der Waals surface area contributed by atoms with Crippen LogP contribution in [-0.2, 0) is 0 Å². The van der Waals surface area contributed by atoms with E-state index in [1.807, 2.05) is 6.07 Å². The molecule has 0 aromatic heterocycles. The number of carbonyl (C=O) groups is 1. The average Bonchev–Trinajstić information content (AvgIpc) is 2.16. The summed E-state index contributed by atoms with van der Waals surface area (Å²) in [5.41, 5.74) is -0.0178. The molecule has 0 saturated carbocycles. The van der Waals surface area contributed by atoms with Gasteiger partial charge in [-0.1, -0.05) is 0 Å². The fourth-order valence-electron chi connectivity index (χ4n) is 1.14. The first-order valence-corrected chi connectivity index (χ1v) is 5.08. The van der Waals surface area contributed by atoms with Crippen molar-refractivity contribution in [3.63, 3.8) is 0 Å². The van der Waals surface area contributed by atoms with Gasteiger partial charge in [-0.05, 0) is 41.6 Å². The molecular formula is C10H6F2INO. The van der Waals surface area contributed by atoms with Crippen LogP contribution in [-0.4, -0.2) is 5.78 Å². The molecule has 5 heteroatoms. The molecule has 0 amide bonds. The first-order chi connectivity index (χ1) is 6.97. The number of Topliss-reactive ketones (excluding diaryl/α,β-unsaturated/α-hetero) is 1. The van der Waals surface area contributed by atoms with E-state index >= 15 is 0 Å². The Balaban J connectivity index is 3.47. The Morgan fingerprint density at radius 2 is 2.13 bits per heavy atom. The number of halogens is 3. The Morgan fingerprint density at radius 1 is 1.53 bits per heavy atom. The molecule has 0 fully saturated rings. The van der Waals surface area contributed by atoms with Crippen LogP contribution >= 0.6 is 22.6 Å². The Bertz CT molecular complexity index is 451. The quantitative estimate of drug-likeness (QED) is 0.619. The normalized spacial score (nSPS) is 10.1. The summed E-state index contributed by atoms with van der Waals surface area (Å²) in [6.45, 7) is 1.25. The summed E-state index contributed by atoms with van der Waals surface area (Å²) in [6.07, 6.45) is -2.63. The zero-order valence-electron chi connectivity index (χ0n) is 7.72. The van der Waals surface area contributed by atoms with Crippen LogP contribution in [0.3, 0.4) is 0 Å². The molecule has 1 aromatic rings. The van der Waals surface area contributed by atoms with Crippen molar-refractivity contribution in [1.29, 1.82) is 5.26 Å². The van der Waals surface area contributed by atoms with E-state index in [-0.39, 0.29) is 22.5 Å². The number of carbonyl (C=O) groups excluding carboxylic acids is 1. The summed E-state index contributed by atoms with van der Waals surface area (Å²) >= 11 is 1.77. The highest BCUT2D eigenvalue weighted by molar-refractivity contribution is 14.1. The van der Waals surface area contributed by atoms with Crippen molar-refractivity contribution in [2.75, 3.05) is 0 Å². The summed E-state index contributed by atoms with van der Waals surface area (Å²) in [6, 6.07) is 4.13. The fourth-order valence-corrected chi connectivity index (χ4v) is 1.92. The Labute approximate surface area is 99.0 Å². The lowest BCUT2D eigenvalue weighted by molar-refractivity contribution is 0.101. The summed E-state index contributed by atoms with van der Waals surface area (Å²) in [5, 5.41) is 8.78. The van der Waals surface area contributed by atoms with Crippen LogP contribution in [0.4, 0.5) is 8.78 Å². The highest BCUT2D eigenvalue weighted by Crippen LogP contribution is 2.26. The van der Waals surface area contributed by atoms with Gasteiger partial charge in [-0.25, -0.2) is 8.78 Å². The minimum absolute atomic E-state index is 0.0553. The second-order valence-electron chi connectivity index (χ2n) is 2.89. The molecule has 1 rings (SSSR count). The summed E-state index contributed by atoms with van der Waals surface area (Å²) in [5.74, 6) is -0.382. The highest BCUT2D eigenvalue weighted by Gasteiger charge is 2.16. The molecule has 0 heterocycles. The molecule has 15 heavy (non-hydrogen) atoms. The van der Waals surface area contributed by atoms with Gasteiger partial charge in [0.05, 0.1) is 5.56 Å². The van der Waals surface area contributed by atoms with Gasteiger partial charge in [0.1, 0.15) is 6.07 Å². The van der Waals surface area contributed by atoms with Gasteiger partial charge < -0.3 is 0 Å². The minimum atomic E-state index is -2.63. The van der Waals surface area contributed by atoms with Gasteiger partial charge >= 0.3 is 0 Å². The van der Waals surface area contributed by atoms with Gasteiger partial charge in [0.25, 0.3) is 6.43 Å². The smallest absolute Gasteiger partial charge is 0.263 e. The number of nitrogens with zero attached hydrogens (tertiary/aromatic N) is 1. The minimum Gasteiger partial charge on any atom is -0.294 e. The average molecular weight is 321 g/mol. The van der Waals surface area contributed by atoms with Crippen molar-refractivity contribution in [3.8, 4) is 6.07 Å². The molecule has 0 atom stereocenters. The molecule has 0 unspecified atom stereocenters. The summed E-state index contributed by atoms with van der Waals surface area (Å²) in [4.78, 5) is 11.2. The molecule has 0 aliphatic rings. The van der Waals surface area contributed by atoms with E-state index in [1.54, 1.807) is 22.6 Å². The number of nitriles is 1. The van der Waals surface area contributed by atoms with Crippen molar-refractivity contribution < 1.29 is 13.6 Å². The van der Waals surface area contributed by atoms with Crippen LogP contribution < -0.4 is 0 Å². The van der Waals surface area contributed by atoms with Crippen molar-refractivity contribution >= 4 is 28.4 Å². The number of ketones is 1. The highest BCUT2D eigenvalue weighted by atomic mass is 127. The lowest BCUT2D eigenvalue weighted by Crippen LogP contribution is -2.01. The number of rotatable bonds is 2. The van der Waals surface area contributed by atoms with Gasteiger partial charge in [-0.2, -0.15) is 5.26 Å². The molecule has 0 aliphatic heterocycles. The van der Waals surface area contributed by atoms with Gasteiger partial charge in [-0.15, -0.1) is 0 Å². The molecular weight excluding hydrogens is 315 g/mol. The zero-order valence-corrected chi connectivity index (χ0v) is 9.88. The third-order valence-electron chi connectivity index (χ3n) is 1.86. The Morgan fingerprint density at radius 3 is 2.53 bits per heavy atom. The molecule has 0 aliphatic carbocycles. The molecule has 1 aromatic carbocycles. The van der Waals surface area contributed by atoms with Crippen LogP contribution in [0.25, 0.3) is 0 Å². The topological polar surface area (TPSA) is 40.9 Å². The van der Waals surface area contributed by atoms with E-state index in [2.05, 4.69) is 0 Å². The van der Waals surface area contributed by atoms with Gasteiger partial charge in [0.2, 0.25) is 0 Å². The van der Waals surface area contributed by atoms with E-state index in [0.29, 0.717) is 3.57 Å². The molecule has 0 saturated heterocycles. The number of hydrogen-bond donors (Lipinski definition) is 0. The first-order valence-electron chi connectivity index (χ1n) is 4.00. The molecule has 2 nitrogen and oxygen atoms in total. The van der Waals surface area contributed by atoms with Crippen molar-refractivity contribution in [3.05, 3.63) is 32.4 Å². The van der Waals surface area contributed by atoms with E-state index < -0.39 is 6.43 Å². The maximum absolute atomic E-state index is 12.4. The van der Waals surface area contributed by atoms with Crippen LogP contribution in [0, 0.1) is 14.9 Å². The largest absolute Gasteiger partial charge is 0.294 e.